The number of rotatable bonds is 5. The zero-order valence-corrected chi connectivity index (χ0v) is 17.7. The van der Waals surface area contributed by atoms with Crippen LogP contribution in [0.15, 0.2) is 54.1 Å². The van der Waals surface area contributed by atoms with Crippen molar-refractivity contribution >= 4 is 39.6 Å². The smallest absolute Gasteiger partial charge is 0.301 e. The summed E-state index contributed by atoms with van der Waals surface area (Å²) in [6.45, 7) is 1.69. The van der Waals surface area contributed by atoms with E-state index in [1.165, 1.54) is 25.3 Å². The number of carbonyl (C=O) groups is 2. The topological polar surface area (TPSA) is 136 Å². The summed E-state index contributed by atoms with van der Waals surface area (Å²) < 4.78 is 5.11. The normalized spacial score (nSPS) is 17.6. The van der Waals surface area contributed by atoms with Crippen molar-refractivity contribution in [2.75, 3.05) is 12.0 Å². The number of amides is 1. The Morgan fingerprint density at radius 3 is 2.50 bits per heavy atom. The molecular weight excluding hydrogens is 436 g/mol. The number of ketones is 1. The molecule has 0 radical (unpaired) electrons. The number of hydrogen-bond acceptors (Lipinski definition) is 9. The minimum atomic E-state index is -1.12. The van der Waals surface area contributed by atoms with Gasteiger partial charge in [-0.3, -0.25) is 24.6 Å². The van der Waals surface area contributed by atoms with E-state index in [1.54, 1.807) is 37.3 Å². The Hall–Kier alpha value is -4.12. The number of nitro groups is 1. The molecule has 1 aliphatic heterocycles. The number of non-ortho nitro benzene ring substituents is 1. The van der Waals surface area contributed by atoms with Crippen LogP contribution >= 0.6 is 11.3 Å². The number of aliphatic hydroxyl groups is 1. The van der Waals surface area contributed by atoms with Crippen LogP contribution in [0.3, 0.4) is 0 Å². The van der Waals surface area contributed by atoms with Gasteiger partial charge in [0, 0.05) is 17.7 Å². The fraction of sp³-hybridized carbons (Fsp3) is 0.143. The maximum absolute atomic E-state index is 13.0. The number of carbonyl (C=O) groups excluding carboxylic acids is 2. The van der Waals surface area contributed by atoms with Gasteiger partial charge in [-0.25, -0.2) is 0 Å². The molecule has 1 fully saturated rings. The maximum atomic E-state index is 13.0. The molecule has 1 aromatic heterocycles. The summed E-state index contributed by atoms with van der Waals surface area (Å²) in [5, 5.41) is 30.9. The predicted molar refractivity (Wildman–Crippen MR) is 116 cm³/mol. The van der Waals surface area contributed by atoms with Crippen LogP contribution in [0.25, 0.3) is 5.76 Å². The highest BCUT2D eigenvalue weighted by molar-refractivity contribution is 7.15. The Labute approximate surface area is 185 Å². The van der Waals surface area contributed by atoms with Gasteiger partial charge in [-0.2, -0.15) is 0 Å². The molecular formula is C21H16N4O6S. The third-order valence-electron chi connectivity index (χ3n) is 4.93. The van der Waals surface area contributed by atoms with Crippen LogP contribution in [0.5, 0.6) is 5.75 Å². The van der Waals surface area contributed by atoms with Crippen LogP contribution in [0.4, 0.5) is 10.8 Å². The highest BCUT2D eigenvalue weighted by Gasteiger charge is 2.48. The highest BCUT2D eigenvalue weighted by Crippen LogP contribution is 2.43. The van der Waals surface area contributed by atoms with E-state index in [0.29, 0.717) is 10.8 Å². The lowest BCUT2D eigenvalue weighted by atomic mass is 9.95. The minimum Gasteiger partial charge on any atom is -0.507 e. The predicted octanol–water partition coefficient (Wildman–Crippen LogP) is 3.39. The van der Waals surface area contributed by atoms with Gasteiger partial charge in [-0.05, 0) is 36.8 Å². The Balaban J connectivity index is 1.94. The molecule has 1 aliphatic rings. The van der Waals surface area contributed by atoms with Crippen LogP contribution in [0.1, 0.15) is 22.2 Å². The zero-order chi connectivity index (χ0) is 23.0. The second kappa shape index (κ2) is 8.19. The van der Waals surface area contributed by atoms with Gasteiger partial charge in [0.25, 0.3) is 11.5 Å². The maximum Gasteiger partial charge on any atom is 0.301 e. The van der Waals surface area contributed by atoms with E-state index in [2.05, 4.69) is 10.2 Å². The molecule has 0 spiro atoms. The molecule has 162 valence electrons. The Morgan fingerprint density at radius 1 is 1.19 bits per heavy atom. The van der Waals surface area contributed by atoms with Gasteiger partial charge >= 0.3 is 5.91 Å². The number of aromatic nitrogens is 2. The third kappa shape index (κ3) is 3.58. The third-order valence-corrected chi connectivity index (χ3v) is 5.76. The van der Waals surface area contributed by atoms with Crippen molar-refractivity contribution in [1.82, 2.24) is 10.2 Å². The number of Topliss-reactive ketones (excluding diaryl/α,β-unsaturated/α-hetero) is 1. The fourth-order valence-electron chi connectivity index (χ4n) is 3.44. The van der Waals surface area contributed by atoms with E-state index in [9.17, 15) is 24.8 Å². The first-order valence-corrected chi connectivity index (χ1v) is 10.1. The monoisotopic (exact) mass is 452 g/mol. The number of nitrogens with zero attached hydrogens (tertiary/aromatic N) is 4. The number of benzene rings is 2. The first kappa shape index (κ1) is 21.1. The second-order valence-electron chi connectivity index (χ2n) is 6.85. The number of anilines is 1. The standard InChI is InChI=1S/C21H16N4O6S/c1-11-22-23-21(32-11)24-17(13-4-3-5-14(10-13)25(29)30)16(19(27)20(24)28)18(26)12-6-8-15(31-2)9-7-12/h3-10,17,26H,1-2H3/b18-16+/t17-/m1/s1. The van der Waals surface area contributed by atoms with Crippen LogP contribution in [0, 0.1) is 17.0 Å². The minimum absolute atomic E-state index is 0.148. The Morgan fingerprint density at radius 2 is 1.91 bits per heavy atom. The molecule has 10 nitrogen and oxygen atoms in total. The molecule has 3 aromatic rings. The molecule has 1 atom stereocenters. The lowest BCUT2D eigenvalue weighted by molar-refractivity contribution is -0.384. The number of methoxy groups -OCH3 is 1. The molecule has 1 saturated heterocycles. The molecule has 11 heteroatoms. The number of nitro benzene ring substituents is 1. The number of aliphatic hydroxyl groups excluding tert-OH is 1. The molecule has 32 heavy (non-hydrogen) atoms. The molecule has 2 heterocycles. The first-order valence-electron chi connectivity index (χ1n) is 9.31. The van der Waals surface area contributed by atoms with Crippen LogP contribution in [0.2, 0.25) is 0 Å². The molecule has 4 rings (SSSR count). The van der Waals surface area contributed by atoms with Gasteiger partial charge in [0.2, 0.25) is 5.13 Å². The number of hydrogen-bond donors (Lipinski definition) is 1. The Bertz CT molecular complexity index is 1270. The fourth-order valence-corrected chi connectivity index (χ4v) is 4.16. The molecule has 0 saturated carbocycles. The molecule has 2 aromatic carbocycles. The second-order valence-corrected chi connectivity index (χ2v) is 8.01. The van der Waals surface area contributed by atoms with Crippen molar-refractivity contribution < 1.29 is 24.4 Å². The quantitative estimate of drug-likeness (QED) is 0.205. The summed E-state index contributed by atoms with van der Waals surface area (Å²) in [6.07, 6.45) is 0. The summed E-state index contributed by atoms with van der Waals surface area (Å²) in [5.41, 5.74) is 0.147. The van der Waals surface area contributed by atoms with Crippen molar-refractivity contribution in [2.24, 2.45) is 0 Å². The molecule has 1 N–H and O–H groups in total. The Kier molecular flexibility index (Phi) is 5.41. The summed E-state index contributed by atoms with van der Waals surface area (Å²) in [7, 11) is 1.49. The summed E-state index contributed by atoms with van der Waals surface area (Å²) in [4.78, 5) is 37.9. The van der Waals surface area contributed by atoms with Crippen molar-refractivity contribution in [3.8, 4) is 5.75 Å². The van der Waals surface area contributed by atoms with E-state index in [4.69, 9.17) is 4.74 Å². The van der Waals surface area contributed by atoms with Gasteiger partial charge in [-0.1, -0.05) is 23.5 Å². The van der Waals surface area contributed by atoms with E-state index in [-0.39, 0.29) is 27.5 Å². The van der Waals surface area contributed by atoms with Crippen LogP contribution < -0.4 is 9.64 Å². The highest BCUT2D eigenvalue weighted by atomic mass is 32.1. The molecule has 0 bridgehead atoms. The SMILES string of the molecule is COc1ccc(/C(O)=C2\C(=O)C(=O)N(c3nnc(C)s3)[C@@H]2c2cccc([N+](=O)[O-])c2)cc1. The van der Waals surface area contributed by atoms with Gasteiger partial charge in [-0.15, -0.1) is 10.2 Å². The van der Waals surface area contributed by atoms with Crippen LogP contribution in [-0.2, 0) is 9.59 Å². The molecule has 0 aliphatic carbocycles. The van der Waals surface area contributed by atoms with Gasteiger partial charge < -0.3 is 9.84 Å². The first-order chi connectivity index (χ1) is 15.3. The lowest BCUT2D eigenvalue weighted by Crippen LogP contribution is -2.29. The molecule has 1 amide bonds. The van der Waals surface area contributed by atoms with Gasteiger partial charge in [0.1, 0.15) is 16.5 Å². The average Bonchev–Trinajstić information content (AvgIpc) is 3.34. The van der Waals surface area contributed by atoms with E-state index in [1.807, 2.05) is 0 Å². The average molecular weight is 452 g/mol. The lowest BCUT2D eigenvalue weighted by Gasteiger charge is -2.22. The summed E-state index contributed by atoms with van der Waals surface area (Å²) in [6, 6.07) is 10.7. The van der Waals surface area contributed by atoms with E-state index >= 15 is 0 Å². The van der Waals surface area contributed by atoms with Gasteiger partial charge in [0.15, 0.2) is 0 Å². The van der Waals surface area contributed by atoms with E-state index < -0.39 is 28.4 Å². The van der Waals surface area contributed by atoms with Crippen molar-refractivity contribution in [3.05, 3.63) is 80.4 Å². The number of ether oxygens (including phenoxy) is 1. The van der Waals surface area contributed by atoms with Gasteiger partial charge in [0.05, 0.1) is 23.6 Å². The van der Waals surface area contributed by atoms with E-state index in [0.717, 1.165) is 16.2 Å². The van der Waals surface area contributed by atoms with Crippen LogP contribution in [-0.4, -0.2) is 39.0 Å². The summed E-state index contributed by atoms with van der Waals surface area (Å²) in [5.74, 6) is -1.71. The largest absolute Gasteiger partial charge is 0.507 e. The number of aryl methyl sites for hydroxylation is 1. The van der Waals surface area contributed by atoms with Crippen molar-refractivity contribution in [3.63, 3.8) is 0 Å². The van der Waals surface area contributed by atoms with Crippen molar-refractivity contribution in [1.29, 1.82) is 0 Å². The zero-order valence-electron chi connectivity index (χ0n) is 16.9. The summed E-state index contributed by atoms with van der Waals surface area (Å²) >= 11 is 1.09. The molecule has 0 unspecified atom stereocenters. The van der Waals surface area contributed by atoms with Crippen molar-refractivity contribution in [2.45, 2.75) is 13.0 Å².